The highest BCUT2D eigenvalue weighted by Crippen LogP contribution is 2.48. The van der Waals surface area contributed by atoms with Crippen LogP contribution in [-0.2, 0) is 14.3 Å². The Bertz CT molecular complexity index is 378. The number of hydrogen-bond acceptors (Lipinski definition) is 3. The lowest BCUT2D eigenvalue weighted by atomic mass is 9.73. The Morgan fingerprint density at radius 2 is 2.05 bits per heavy atom. The van der Waals surface area contributed by atoms with Gasteiger partial charge in [-0.3, -0.25) is 4.79 Å². The number of hydrogen-bond donors (Lipinski definition) is 1. The van der Waals surface area contributed by atoms with Gasteiger partial charge in [0, 0.05) is 11.8 Å². The minimum Gasteiger partial charge on any atom is -0.464 e. The maximum atomic E-state index is 12.1. The lowest BCUT2D eigenvalue weighted by Gasteiger charge is -2.32. The largest absolute Gasteiger partial charge is 0.464 e. The highest BCUT2D eigenvalue weighted by molar-refractivity contribution is 5.90. The van der Waals surface area contributed by atoms with Gasteiger partial charge in [-0.1, -0.05) is 20.3 Å². The number of rotatable bonds is 2. The molecule has 0 aromatic rings. The van der Waals surface area contributed by atoms with Crippen molar-refractivity contribution in [3.8, 4) is 0 Å². The van der Waals surface area contributed by atoms with Crippen molar-refractivity contribution in [2.45, 2.75) is 65.3 Å². The van der Waals surface area contributed by atoms with Crippen molar-refractivity contribution in [2.24, 2.45) is 10.8 Å². The molecule has 1 saturated heterocycles. The molecule has 1 aliphatic heterocycles. The fourth-order valence-corrected chi connectivity index (χ4v) is 3.54. The molecule has 2 aliphatic rings. The molecule has 0 bridgehead atoms. The molecule has 1 N–H and O–H groups in total. The summed E-state index contributed by atoms with van der Waals surface area (Å²) in [5.74, 6) is -0.259. The van der Waals surface area contributed by atoms with Crippen LogP contribution in [0.1, 0.15) is 59.3 Å². The minimum absolute atomic E-state index is 0.00207. The molecule has 19 heavy (non-hydrogen) atoms. The van der Waals surface area contributed by atoms with Crippen LogP contribution in [0.15, 0.2) is 0 Å². The van der Waals surface area contributed by atoms with Crippen LogP contribution in [0.5, 0.6) is 0 Å². The number of nitrogens with one attached hydrogen (secondary N) is 1. The predicted molar refractivity (Wildman–Crippen MR) is 72.5 cm³/mol. The average molecular weight is 267 g/mol. The summed E-state index contributed by atoms with van der Waals surface area (Å²) in [6.07, 6.45) is 5.67. The molecule has 1 amide bonds. The fraction of sp³-hybridized carbons (Fsp3) is 0.867. The minimum atomic E-state index is -0.436. The van der Waals surface area contributed by atoms with Crippen LogP contribution >= 0.6 is 0 Å². The highest BCUT2D eigenvalue weighted by Gasteiger charge is 2.51. The zero-order chi connectivity index (χ0) is 14.1. The van der Waals surface area contributed by atoms with E-state index in [4.69, 9.17) is 4.74 Å². The fourth-order valence-electron chi connectivity index (χ4n) is 3.54. The molecule has 1 aliphatic carbocycles. The van der Waals surface area contributed by atoms with Crippen molar-refractivity contribution in [1.82, 2.24) is 5.32 Å². The van der Waals surface area contributed by atoms with Gasteiger partial charge in [0.25, 0.3) is 0 Å². The molecule has 108 valence electrons. The summed E-state index contributed by atoms with van der Waals surface area (Å²) in [6, 6.07) is -0.436. The van der Waals surface area contributed by atoms with Crippen LogP contribution in [-0.4, -0.2) is 24.5 Å². The first-order valence-corrected chi connectivity index (χ1v) is 7.35. The van der Waals surface area contributed by atoms with E-state index in [1.807, 2.05) is 0 Å². The summed E-state index contributed by atoms with van der Waals surface area (Å²) < 4.78 is 5.14. The average Bonchev–Trinajstić information content (AvgIpc) is 2.56. The van der Waals surface area contributed by atoms with Gasteiger partial charge >= 0.3 is 5.97 Å². The van der Waals surface area contributed by atoms with Crippen LogP contribution in [0.2, 0.25) is 0 Å². The zero-order valence-corrected chi connectivity index (χ0v) is 12.3. The molecule has 4 heteroatoms. The number of carbonyl (C=O) groups is 2. The van der Waals surface area contributed by atoms with Crippen molar-refractivity contribution in [2.75, 3.05) is 6.61 Å². The maximum Gasteiger partial charge on any atom is 0.329 e. The van der Waals surface area contributed by atoms with E-state index < -0.39 is 6.04 Å². The summed E-state index contributed by atoms with van der Waals surface area (Å²) in [5.41, 5.74) is 0.103. The highest BCUT2D eigenvalue weighted by atomic mass is 16.5. The summed E-state index contributed by atoms with van der Waals surface area (Å²) in [7, 11) is 0. The third kappa shape index (κ3) is 2.93. The SMILES string of the molecule is CCOC(=O)C1NC(=O)CC12CCCC(C)(C)CC2. The maximum absolute atomic E-state index is 12.1. The zero-order valence-electron chi connectivity index (χ0n) is 12.3. The molecule has 4 nitrogen and oxygen atoms in total. The Morgan fingerprint density at radius 3 is 2.74 bits per heavy atom. The molecule has 1 heterocycles. The molecule has 0 aromatic heterocycles. The van der Waals surface area contributed by atoms with Gasteiger partial charge in [-0.25, -0.2) is 4.79 Å². The second-order valence-electron chi connectivity index (χ2n) is 6.81. The van der Waals surface area contributed by atoms with Crippen LogP contribution in [0, 0.1) is 10.8 Å². The van der Waals surface area contributed by atoms with Crippen LogP contribution in [0.3, 0.4) is 0 Å². The standard InChI is InChI=1S/C15H25NO3/c1-4-19-13(18)12-15(10-11(17)16-12)7-5-6-14(2,3)8-9-15/h12H,4-10H2,1-3H3,(H,16,17). The molecular formula is C15H25NO3. The van der Waals surface area contributed by atoms with Gasteiger partial charge in [0.1, 0.15) is 6.04 Å². The van der Waals surface area contributed by atoms with Crippen molar-refractivity contribution in [3.05, 3.63) is 0 Å². The number of amides is 1. The Labute approximate surface area is 115 Å². The molecule has 1 saturated carbocycles. The van der Waals surface area contributed by atoms with Crippen LogP contribution in [0.25, 0.3) is 0 Å². The summed E-state index contributed by atoms with van der Waals surface area (Å²) in [6.45, 7) is 6.72. The van der Waals surface area contributed by atoms with E-state index in [0.29, 0.717) is 18.4 Å². The molecule has 2 unspecified atom stereocenters. The monoisotopic (exact) mass is 267 g/mol. The van der Waals surface area contributed by atoms with Gasteiger partial charge in [-0.15, -0.1) is 0 Å². The van der Waals surface area contributed by atoms with E-state index in [-0.39, 0.29) is 17.3 Å². The third-order valence-corrected chi connectivity index (χ3v) is 4.78. The Morgan fingerprint density at radius 1 is 1.32 bits per heavy atom. The first kappa shape index (κ1) is 14.4. The summed E-state index contributed by atoms with van der Waals surface area (Å²) in [5, 5.41) is 2.84. The quantitative estimate of drug-likeness (QED) is 0.782. The smallest absolute Gasteiger partial charge is 0.329 e. The molecule has 0 aromatic carbocycles. The third-order valence-electron chi connectivity index (χ3n) is 4.78. The van der Waals surface area contributed by atoms with Crippen LogP contribution < -0.4 is 5.32 Å². The second kappa shape index (κ2) is 5.14. The normalized spacial score (nSPS) is 33.8. The van der Waals surface area contributed by atoms with E-state index in [2.05, 4.69) is 19.2 Å². The summed E-state index contributed by atoms with van der Waals surface area (Å²) >= 11 is 0. The molecule has 1 spiro atoms. The predicted octanol–water partition coefficient (Wildman–Crippen LogP) is 2.41. The van der Waals surface area contributed by atoms with Crippen molar-refractivity contribution < 1.29 is 14.3 Å². The van der Waals surface area contributed by atoms with Crippen molar-refractivity contribution in [1.29, 1.82) is 0 Å². The molecule has 2 rings (SSSR count). The lowest BCUT2D eigenvalue weighted by molar-refractivity contribution is -0.148. The molecule has 0 radical (unpaired) electrons. The van der Waals surface area contributed by atoms with Gasteiger partial charge in [-0.05, 0) is 38.0 Å². The Hall–Kier alpha value is -1.06. The van der Waals surface area contributed by atoms with Gasteiger partial charge in [0.15, 0.2) is 0 Å². The van der Waals surface area contributed by atoms with E-state index in [9.17, 15) is 9.59 Å². The number of esters is 1. The number of carbonyl (C=O) groups excluding carboxylic acids is 2. The van der Waals surface area contributed by atoms with Crippen molar-refractivity contribution >= 4 is 11.9 Å². The van der Waals surface area contributed by atoms with E-state index in [1.54, 1.807) is 6.92 Å². The first-order valence-electron chi connectivity index (χ1n) is 7.35. The van der Waals surface area contributed by atoms with Gasteiger partial charge in [0.05, 0.1) is 6.61 Å². The molecule has 2 fully saturated rings. The summed E-state index contributed by atoms with van der Waals surface area (Å²) in [4.78, 5) is 23.9. The molecule has 2 atom stereocenters. The Balaban J connectivity index is 2.19. The second-order valence-corrected chi connectivity index (χ2v) is 6.81. The molecular weight excluding hydrogens is 242 g/mol. The first-order chi connectivity index (χ1) is 8.88. The van der Waals surface area contributed by atoms with Crippen molar-refractivity contribution in [3.63, 3.8) is 0 Å². The van der Waals surface area contributed by atoms with E-state index in [1.165, 1.54) is 6.42 Å². The Kier molecular flexibility index (Phi) is 3.88. The van der Waals surface area contributed by atoms with E-state index >= 15 is 0 Å². The number of ether oxygens (including phenoxy) is 1. The lowest BCUT2D eigenvalue weighted by Crippen LogP contribution is -2.44. The van der Waals surface area contributed by atoms with Gasteiger partial charge < -0.3 is 10.1 Å². The van der Waals surface area contributed by atoms with Gasteiger partial charge in [0.2, 0.25) is 5.91 Å². The van der Waals surface area contributed by atoms with Crippen LogP contribution in [0.4, 0.5) is 0 Å². The van der Waals surface area contributed by atoms with Gasteiger partial charge in [-0.2, -0.15) is 0 Å². The topological polar surface area (TPSA) is 55.4 Å². The van der Waals surface area contributed by atoms with E-state index in [0.717, 1.165) is 25.7 Å².